The van der Waals surface area contributed by atoms with Crippen molar-refractivity contribution in [3.8, 4) is 0 Å². The summed E-state index contributed by atoms with van der Waals surface area (Å²) in [6, 6.07) is 0. The van der Waals surface area contributed by atoms with E-state index in [9.17, 15) is 4.21 Å². The second-order valence-corrected chi connectivity index (χ2v) is 10.8. The van der Waals surface area contributed by atoms with Crippen molar-refractivity contribution in [2.75, 3.05) is 5.75 Å². The molecule has 0 spiro atoms. The monoisotopic (exact) mass is 354 g/mol. The van der Waals surface area contributed by atoms with Crippen LogP contribution in [0.1, 0.15) is 111 Å². The molecule has 142 valence electrons. The van der Waals surface area contributed by atoms with E-state index in [2.05, 4.69) is 20.8 Å². The number of rotatable bonds is 9. The van der Waals surface area contributed by atoms with Crippen LogP contribution in [0.3, 0.4) is 0 Å². The number of hydrogen-bond donors (Lipinski definition) is 0. The predicted molar refractivity (Wildman–Crippen MR) is 108 cm³/mol. The smallest absolute Gasteiger partial charge is 0.0459 e. The van der Waals surface area contributed by atoms with Crippen molar-refractivity contribution in [2.45, 2.75) is 115 Å². The zero-order valence-corrected chi connectivity index (χ0v) is 17.5. The zero-order chi connectivity index (χ0) is 17.4. The molecule has 1 unspecified atom stereocenters. The summed E-state index contributed by atoms with van der Waals surface area (Å²) < 4.78 is 12.8. The zero-order valence-electron chi connectivity index (χ0n) is 16.7. The summed E-state index contributed by atoms with van der Waals surface area (Å²) in [6.45, 7) is 6.68. The van der Waals surface area contributed by atoms with Crippen LogP contribution >= 0.6 is 0 Å². The summed E-state index contributed by atoms with van der Waals surface area (Å²) in [6.07, 6.45) is 19.3. The molecule has 2 aliphatic rings. The van der Waals surface area contributed by atoms with Crippen LogP contribution in [-0.4, -0.2) is 14.7 Å². The Labute approximate surface area is 154 Å². The summed E-state index contributed by atoms with van der Waals surface area (Å²) in [4.78, 5) is 0. The molecule has 0 aromatic heterocycles. The van der Waals surface area contributed by atoms with E-state index in [0.29, 0.717) is 0 Å². The molecule has 0 amide bonds. The van der Waals surface area contributed by atoms with Gasteiger partial charge in [-0.05, 0) is 62.7 Å². The van der Waals surface area contributed by atoms with Crippen molar-refractivity contribution < 1.29 is 4.21 Å². The summed E-state index contributed by atoms with van der Waals surface area (Å²) in [5, 5.41) is 0. The lowest BCUT2D eigenvalue weighted by Crippen LogP contribution is -2.41. The highest BCUT2D eigenvalue weighted by atomic mass is 32.2. The average molecular weight is 355 g/mol. The highest BCUT2D eigenvalue weighted by Gasteiger charge is 2.41. The van der Waals surface area contributed by atoms with E-state index in [1.807, 2.05) is 0 Å². The van der Waals surface area contributed by atoms with Gasteiger partial charge in [-0.3, -0.25) is 4.21 Å². The van der Waals surface area contributed by atoms with Gasteiger partial charge >= 0.3 is 0 Å². The third-order valence-electron chi connectivity index (χ3n) is 7.17. The highest BCUT2D eigenvalue weighted by molar-refractivity contribution is 7.86. The van der Waals surface area contributed by atoms with Crippen LogP contribution in [0.4, 0.5) is 0 Å². The fourth-order valence-electron chi connectivity index (χ4n) is 5.62. The Bertz CT molecular complexity index is 362. The SMILES string of the molecule is CCCCCC1CCC(C2CCC(CCC)(S(=O)CC)CC2)CC1. The molecule has 0 aromatic rings. The molecule has 0 aromatic carbocycles. The van der Waals surface area contributed by atoms with Gasteiger partial charge in [0.2, 0.25) is 0 Å². The molecule has 0 heterocycles. The Morgan fingerprint density at radius 3 is 2.00 bits per heavy atom. The van der Waals surface area contributed by atoms with E-state index in [-0.39, 0.29) is 4.75 Å². The van der Waals surface area contributed by atoms with Gasteiger partial charge in [-0.25, -0.2) is 0 Å². The minimum atomic E-state index is -0.602. The van der Waals surface area contributed by atoms with Crippen molar-refractivity contribution in [3.63, 3.8) is 0 Å². The lowest BCUT2D eigenvalue weighted by molar-refractivity contribution is 0.147. The normalized spacial score (nSPS) is 35.7. The van der Waals surface area contributed by atoms with Gasteiger partial charge in [-0.2, -0.15) is 0 Å². The van der Waals surface area contributed by atoms with Crippen LogP contribution in [0, 0.1) is 17.8 Å². The maximum atomic E-state index is 12.6. The molecule has 1 atom stereocenters. The lowest BCUT2D eigenvalue weighted by Gasteiger charge is -2.43. The van der Waals surface area contributed by atoms with Crippen molar-refractivity contribution in [2.24, 2.45) is 17.8 Å². The summed E-state index contributed by atoms with van der Waals surface area (Å²) in [5.41, 5.74) is 0. The molecule has 24 heavy (non-hydrogen) atoms. The van der Waals surface area contributed by atoms with Crippen LogP contribution in [0.15, 0.2) is 0 Å². The van der Waals surface area contributed by atoms with Gasteiger partial charge in [0.15, 0.2) is 0 Å². The molecule has 2 fully saturated rings. The molecular weight excluding hydrogens is 312 g/mol. The van der Waals surface area contributed by atoms with Crippen molar-refractivity contribution in [3.05, 3.63) is 0 Å². The van der Waals surface area contributed by atoms with Gasteiger partial charge in [0.05, 0.1) is 0 Å². The Hall–Kier alpha value is 0.150. The molecule has 0 saturated heterocycles. The van der Waals surface area contributed by atoms with Gasteiger partial charge in [0, 0.05) is 21.3 Å². The first-order valence-corrected chi connectivity index (χ1v) is 12.4. The molecular formula is C22H42OS. The van der Waals surface area contributed by atoms with E-state index in [1.54, 1.807) is 0 Å². The molecule has 0 aliphatic heterocycles. The lowest BCUT2D eigenvalue weighted by atomic mass is 9.68. The van der Waals surface area contributed by atoms with E-state index in [4.69, 9.17) is 0 Å². The minimum Gasteiger partial charge on any atom is -0.259 e. The van der Waals surface area contributed by atoms with Crippen molar-refractivity contribution >= 4 is 10.8 Å². The first-order valence-electron chi connectivity index (χ1n) is 11.0. The van der Waals surface area contributed by atoms with Gasteiger partial charge in [-0.1, -0.05) is 65.7 Å². The quantitative estimate of drug-likeness (QED) is 0.413. The van der Waals surface area contributed by atoms with E-state index in [1.165, 1.54) is 89.9 Å². The Morgan fingerprint density at radius 1 is 0.833 bits per heavy atom. The van der Waals surface area contributed by atoms with E-state index >= 15 is 0 Å². The highest BCUT2D eigenvalue weighted by Crippen LogP contribution is 2.46. The Balaban J connectivity index is 1.77. The molecule has 2 heteroatoms. The first-order chi connectivity index (χ1) is 11.6. The van der Waals surface area contributed by atoms with Crippen molar-refractivity contribution in [1.29, 1.82) is 0 Å². The Kier molecular flexibility index (Phi) is 8.81. The number of hydrogen-bond acceptors (Lipinski definition) is 1. The molecule has 2 saturated carbocycles. The van der Waals surface area contributed by atoms with Crippen LogP contribution in [0.2, 0.25) is 0 Å². The fourth-order valence-corrected chi connectivity index (χ4v) is 7.36. The molecule has 2 aliphatic carbocycles. The third-order valence-corrected chi connectivity index (χ3v) is 9.27. The topological polar surface area (TPSA) is 17.1 Å². The maximum absolute atomic E-state index is 12.6. The second-order valence-electron chi connectivity index (χ2n) is 8.68. The first kappa shape index (κ1) is 20.5. The summed E-state index contributed by atoms with van der Waals surface area (Å²) in [7, 11) is -0.602. The molecule has 0 N–H and O–H groups in total. The van der Waals surface area contributed by atoms with Crippen LogP contribution in [-0.2, 0) is 10.8 Å². The summed E-state index contributed by atoms with van der Waals surface area (Å²) in [5.74, 6) is 3.82. The third kappa shape index (κ3) is 5.32. The predicted octanol–water partition coefficient (Wildman–Crippen LogP) is 6.87. The van der Waals surface area contributed by atoms with Gasteiger partial charge in [-0.15, -0.1) is 0 Å². The molecule has 2 rings (SSSR count). The second kappa shape index (κ2) is 10.3. The van der Waals surface area contributed by atoms with Gasteiger partial charge in [0.25, 0.3) is 0 Å². The molecule has 1 nitrogen and oxygen atoms in total. The summed E-state index contributed by atoms with van der Waals surface area (Å²) >= 11 is 0. The maximum Gasteiger partial charge on any atom is 0.0459 e. The van der Waals surface area contributed by atoms with Gasteiger partial charge in [0.1, 0.15) is 0 Å². The fraction of sp³-hybridized carbons (Fsp3) is 1.00. The van der Waals surface area contributed by atoms with Crippen LogP contribution in [0.5, 0.6) is 0 Å². The van der Waals surface area contributed by atoms with Gasteiger partial charge < -0.3 is 0 Å². The van der Waals surface area contributed by atoms with E-state index < -0.39 is 10.8 Å². The average Bonchev–Trinajstić information content (AvgIpc) is 2.63. The standard InChI is InChI=1S/C22H42OS/c1-4-7-8-9-19-10-12-20(13-11-19)21-14-17-22(16-5-2,18-15-21)24(23)6-3/h19-21H,4-18H2,1-3H3. The van der Waals surface area contributed by atoms with Crippen molar-refractivity contribution in [1.82, 2.24) is 0 Å². The Morgan fingerprint density at radius 2 is 1.46 bits per heavy atom. The molecule has 0 radical (unpaired) electrons. The largest absolute Gasteiger partial charge is 0.259 e. The molecule has 0 bridgehead atoms. The number of unbranched alkanes of at least 4 members (excludes halogenated alkanes) is 2. The minimum absolute atomic E-state index is 0.178. The van der Waals surface area contributed by atoms with E-state index in [0.717, 1.165) is 23.5 Å². The van der Waals surface area contributed by atoms with Crippen LogP contribution in [0.25, 0.3) is 0 Å². The van der Waals surface area contributed by atoms with Crippen LogP contribution < -0.4 is 0 Å².